The number of nitrogens with zero attached hydrogens (tertiary/aromatic N) is 2. The van der Waals surface area contributed by atoms with E-state index in [1.807, 2.05) is 6.20 Å². The van der Waals surface area contributed by atoms with Gasteiger partial charge < -0.3 is 9.84 Å². The van der Waals surface area contributed by atoms with Gasteiger partial charge >= 0.3 is 5.97 Å². The molecule has 5 nitrogen and oxygen atoms in total. The lowest BCUT2D eigenvalue weighted by Gasteiger charge is -2.13. The number of hydrogen-bond donors (Lipinski definition) is 1. The van der Waals surface area contributed by atoms with Gasteiger partial charge in [-0.3, -0.25) is 4.40 Å². The van der Waals surface area contributed by atoms with Crippen molar-refractivity contribution < 1.29 is 14.6 Å². The van der Waals surface area contributed by atoms with E-state index in [1.165, 1.54) is 24.7 Å². The summed E-state index contributed by atoms with van der Waals surface area (Å²) in [5, 5.41) is 11.0. The molecule has 6 heteroatoms. The molecule has 0 spiro atoms. The van der Waals surface area contributed by atoms with Crippen molar-refractivity contribution in [3.63, 3.8) is 0 Å². The van der Waals surface area contributed by atoms with Crippen LogP contribution in [0, 0.1) is 0 Å². The summed E-state index contributed by atoms with van der Waals surface area (Å²) in [6.07, 6.45) is 3.12. The first-order chi connectivity index (χ1) is 8.84. The van der Waals surface area contributed by atoms with Gasteiger partial charge in [-0.1, -0.05) is 20.8 Å². The molecule has 2 rings (SSSR count). The van der Waals surface area contributed by atoms with Crippen LogP contribution in [0.25, 0.3) is 10.5 Å². The number of carbonyl (C=O) groups is 1. The normalized spacial score (nSPS) is 12.9. The molecule has 0 saturated carbocycles. The summed E-state index contributed by atoms with van der Waals surface area (Å²) in [5.74, 6) is -1.02. The number of carboxylic acids is 1. The van der Waals surface area contributed by atoms with Gasteiger partial charge in [0.25, 0.3) is 0 Å². The van der Waals surface area contributed by atoms with E-state index in [9.17, 15) is 9.90 Å². The molecule has 0 saturated heterocycles. The maximum absolute atomic E-state index is 11.3. The second-order valence-corrected chi connectivity index (χ2v) is 6.06. The topological polar surface area (TPSA) is 63.8 Å². The van der Waals surface area contributed by atoms with Crippen LogP contribution >= 0.6 is 11.3 Å². The third-order valence-corrected chi connectivity index (χ3v) is 3.56. The van der Waals surface area contributed by atoms with E-state index in [4.69, 9.17) is 4.74 Å². The Kier molecular flexibility index (Phi) is 3.36. The molecule has 0 aliphatic carbocycles. The van der Waals surface area contributed by atoms with Crippen LogP contribution in [-0.4, -0.2) is 27.6 Å². The van der Waals surface area contributed by atoms with Crippen molar-refractivity contribution in [3.05, 3.63) is 29.2 Å². The molecule has 0 aliphatic rings. The molecule has 0 amide bonds. The average Bonchev–Trinajstić information content (AvgIpc) is 2.84. The zero-order valence-electron chi connectivity index (χ0n) is 11.3. The SMILES string of the molecule is COC=C(C(=O)O)c1csc2nc(C(C)(C)C)cn12. The fourth-order valence-electron chi connectivity index (χ4n) is 1.68. The number of fused-ring (bicyclic) bond motifs is 1. The van der Waals surface area contributed by atoms with Crippen LogP contribution in [0.1, 0.15) is 32.2 Å². The molecule has 2 aromatic rings. The number of aliphatic carboxylic acids is 1. The van der Waals surface area contributed by atoms with Crippen LogP contribution in [-0.2, 0) is 14.9 Å². The summed E-state index contributed by atoms with van der Waals surface area (Å²) < 4.78 is 6.64. The number of aromatic nitrogens is 2. The highest BCUT2D eigenvalue weighted by Gasteiger charge is 2.22. The van der Waals surface area contributed by atoms with Crippen LogP contribution in [0.5, 0.6) is 0 Å². The van der Waals surface area contributed by atoms with Crippen molar-refractivity contribution >= 4 is 27.8 Å². The lowest BCUT2D eigenvalue weighted by atomic mass is 9.93. The fourth-order valence-corrected chi connectivity index (χ4v) is 2.55. The zero-order chi connectivity index (χ0) is 14.2. The van der Waals surface area contributed by atoms with Gasteiger partial charge in [0.15, 0.2) is 4.96 Å². The molecule has 0 radical (unpaired) electrons. The highest BCUT2D eigenvalue weighted by Crippen LogP contribution is 2.28. The van der Waals surface area contributed by atoms with E-state index in [-0.39, 0.29) is 11.0 Å². The highest BCUT2D eigenvalue weighted by molar-refractivity contribution is 7.15. The summed E-state index contributed by atoms with van der Waals surface area (Å²) in [6.45, 7) is 6.21. The van der Waals surface area contributed by atoms with E-state index >= 15 is 0 Å². The van der Waals surface area contributed by atoms with Gasteiger partial charge in [-0.15, -0.1) is 11.3 Å². The van der Waals surface area contributed by atoms with Gasteiger partial charge in [0.05, 0.1) is 24.8 Å². The zero-order valence-corrected chi connectivity index (χ0v) is 12.1. The number of hydrogen-bond acceptors (Lipinski definition) is 4. The summed E-state index contributed by atoms with van der Waals surface area (Å²) in [4.78, 5) is 16.6. The number of thiazole rings is 1. The Labute approximate surface area is 115 Å². The van der Waals surface area contributed by atoms with Crippen LogP contribution in [0.4, 0.5) is 0 Å². The van der Waals surface area contributed by atoms with Crippen LogP contribution < -0.4 is 0 Å². The quantitative estimate of drug-likeness (QED) is 0.693. The first-order valence-electron chi connectivity index (χ1n) is 5.78. The monoisotopic (exact) mass is 280 g/mol. The van der Waals surface area contributed by atoms with Crippen molar-refractivity contribution in [2.45, 2.75) is 26.2 Å². The number of imidazole rings is 1. The molecule has 0 aromatic carbocycles. The third kappa shape index (κ3) is 2.49. The Balaban J connectivity index is 2.59. The van der Waals surface area contributed by atoms with Gasteiger partial charge in [0, 0.05) is 17.0 Å². The first-order valence-corrected chi connectivity index (χ1v) is 6.66. The Morgan fingerprint density at radius 3 is 2.74 bits per heavy atom. The Morgan fingerprint density at radius 2 is 2.21 bits per heavy atom. The van der Waals surface area contributed by atoms with Crippen LogP contribution in [0.3, 0.4) is 0 Å². The van der Waals surface area contributed by atoms with Crippen LogP contribution in [0.15, 0.2) is 17.8 Å². The van der Waals surface area contributed by atoms with Gasteiger partial charge in [-0.05, 0) is 0 Å². The minimum atomic E-state index is -1.02. The van der Waals surface area contributed by atoms with Gasteiger partial charge in [-0.25, -0.2) is 9.78 Å². The minimum absolute atomic E-state index is 0.0721. The smallest absolute Gasteiger partial charge is 0.341 e. The number of ether oxygens (including phenoxy) is 1. The molecule has 0 aliphatic heterocycles. The second-order valence-electron chi connectivity index (χ2n) is 5.22. The van der Waals surface area contributed by atoms with E-state index in [1.54, 1.807) is 9.78 Å². The molecule has 0 atom stereocenters. The Bertz CT molecular complexity index is 646. The van der Waals surface area contributed by atoms with Gasteiger partial charge in [0.1, 0.15) is 5.57 Å². The average molecular weight is 280 g/mol. The van der Waals surface area contributed by atoms with Crippen molar-refractivity contribution in [1.29, 1.82) is 0 Å². The lowest BCUT2D eigenvalue weighted by molar-refractivity contribution is -0.130. The van der Waals surface area contributed by atoms with E-state index in [0.29, 0.717) is 5.69 Å². The Hall–Kier alpha value is -1.82. The van der Waals surface area contributed by atoms with E-state index < -0.39 is 5.97 Å². The second kappa shape index (κ2) is 4.70. The maximum Gasteiger partial charge on any atom is 0.341 e. The van der Waals surface area contributed by atoms with Crippen molar-refractivity contribution in [3.8, 4) is 0 Å². The van der Waals surface area contributed by atoms with E-state index in [2.05, 4.69) is 25.8 Å². The minimum Gasteiger partial charge on any atom is -0.503 e. The molecule has 102 valence electrons. The largest absolute Gasteiger partial charge is 0.503 e. The predicted molar refractivity (Wildman–Crippen MR) is 74.4 cm³/mol. The molecule has 2 heterocycles. The Morgan fingerprint density at radius 1 is 1.53 bits per heavy atom. The molecular weight excluding hydrogens is 264 g/mol. The van der Waals surface area contributed by atoms with Crippen molar-refractivity contribution in [2.24, 2.45) is 0 Å². The van der Waals surface area contributed by atoms with E-state index in [0.717, 1.165) is 10.7 Å². The molecule has 1 N–H and O–H groups in total. The summed E-state index contributed by atoms with van der Waals surface area (Å²) >= 11 is 1.41. The van der Waals surface area contributed by atoms with Gasteiger partial charge in [0.2, 0.25) is 0 Å². The molecule has 0 bridgehead atoms. The summed E-state index contributed by atoms with van der Waals surface area (Å²) in [7, 11) is 1.43. The maximum atomic E-state index is 11.3. The predicted octanol–water partition coefficient (Wildman–Crippen LogP) is 2.77. The molecule has 0 unspecified atom stereocenters. The first kappa shape index (κ1) is 13.6. The number of rotatable bonds is 3. The summed E-state index contributed by atoms with van der Waals surface area (Å²) in [5.41, 5.74) is 1.56. The molecule has 19 heavy (non-hydrogen) atoms. The highest BCUT2D eigenvalue weighted by atomic mass is 32.1. The van der Waals surface area contributed by atoms with Crippen molar-refractivity contribution in [2.75, 3.05) is 7.11 Å². The van der Waals surface area contributed by atoms with Crippen molar-refractivity contribution in [1.82, 2.24) is 9.38 Å². The molecule has 2 aromatic heterocycles. The molecular formula is C13H16N2O3S. The fraction of sp³-hybridized carbons (Fsp3) is 0.385. The van der Waals surface area contributed by atoms with Crippen LogP contribution in [0.2, 0.25) is 0 Å². The third-order valence-electron chi connectivity index (χ3n) is 2.72. The lowest BCUT2D eigenvalue weighted by Crippen LogP contribution is -2.11. The standard InChI is InChI=1S/C13H16N2O3S/c1-13(2,3)10-5-15-9(7-19-12(15)14-10)8(6-18-4)11(16)17/h5-7H,1-4H3,(H,16,17). The molecule has 0 fully saturated rings. The summed E-state index contributed by atoms with van der Waals surface area (Å²) in [6, 6.07) is 0. The number of methoxy groups -OCH3 is 1. The number of carboxylic acid groups (broad SMARTS) is 1. The van der Waals surface area contributed by atoms with Gasteiger partial charge in [-0.2, -0.15) is 0 Å².